The van der Waals surface area contributed by atoms with E-state index in [1.807, 2.05) is 20.0 Å². The molecule has 0 aromatic heterocycles. The Morgan fingerprint density at radius 3 is 2.88 bits per heavy atom. The van der Waals surface area contributed by atoms with Crippen LogP contribution in [0.25, 0.3) is 0 Å². The van der Waals surface area contributed by atoms with E-state index in [1.165, 1.54) is 0 Å². The van der Waals surface area contributed by atoms with E-state index in [-0.39, 0.29) is 10.6 Å². The standard InChI is InChI=1S/C12H17N3O2/c1-9-11(4-3-5-12(9)15(16)17)14(2)10-6-7-13-8-10/h3-5,10,13H,6-8H2,1-2H3. The van der Waals surface area contributed by atoms with E-state index < -0.39 is 0 Å². The third-order valence-electron chi connectivity index (χ3n) is 3.44. The van der Waals surface area contributed by atoms with E-state index in [0.29, 0.717) is 6.04 Å². The highest BCUT2D eigenvalue weighted by atomic mass is 16.6. The van der Waals surface area contributed by atoms with E-state index >= 15 is 0 Å². The number of rotatable bonds is 3. The Labute approximate surface area is 101 Å². The lowest BCUT2D eigenvalue weighted by Crippen LogP contribution is -2.33. The van der Waals surface area contributed by atoms with Crippen LogP contribution in [-0.4, -0.2) is 31.1 Å². The molecule has 1 fully saturated rings. The fraction of sp³-hybridized carbons (Fsp3) is 0.500. The van der Waals surface area contributed by atoms with Crippen molar-refractivity contribution in [2.24, 2.45) is 0 Å². The third kappa shape index (κ3) is 2.24. The summed E-state index contributed by atoms with van der Waals surface area (Å²) in [6.07, 6.45) is 1.08. The Morgan fingerprint density at radius 2 is 2.29 bits per heavy atom. The second-order valence-corrected chi connectivity index (χ2v) is 4.44. The first-order valence-corrected chi connectivity index (χ1v) is 5.79. The van der Waals surface area contributed by atoms with Crippen LogP contribution >= 0.6 is 0 Å². The van der Waals surface area contributed by atoms with Crippen LogP contribution in [0.3, 0.4) is 0 Å². The molecule has 17 heavy (non-hydrogen) atoms. The Kier molecular flexibility index (Phi) is 3.28. The molecule has 0 bridgehead atoms. The highest BCUT2D eigenvalue weighted by Gasteiger charge is 2.23. The van der Waals surface area contributed by atoms with E-state index in [9.17, 15) is 10.1 Å². The number of benzene rings is 1. The van der Waals surface area contributed by atoms with Gasteiger partial charge in [0.1, 0.15) is 0 Å². The van der Waals surface area contributed by atoms with Crippen LogP contribution < -0.4 is 10.2 Å². The Morgan fingerprint density at radius 1 is 1.53 bits per heavy atom. The molecule has 0 aliphatic carbocycles. The summed E-state index contributed by atoms with van der Waals surface area (Å²) in [4.78, 5) is 12.7. The van der Waals surface area contributed by atoms with Crippen molar-refractivity contribution in [1.29, 1.82) is 0 Å². The predicted octanol–water partition coefficient (Wildman–Crippen LogP) is 1.70. The fourth-order valence-corrected chi connectivity index (χ4v) is 2.36. The lowest BCUT2D eigenvalue weighted by atomic mass is 10.1. The van der Waals surface area contributed by atoms with Gasteiger partial charge >= 0.3 is 0 Å². The summed E-state index contributed by atoms with van der Waals surface area (Å²) in [6.45, 7) is 3.77. The Balaban J connectivity index is 2.31. The zero-order valence-electron chi connectivity index (χ0n) is 10.1. The largest absolute Gasteiger partial charge is 0.370 e. The normalized spacial score (nSPS) is 19.3. The summed E-state index contributed by atoms with van der Waals surface area (Å²) in [5, 5.41) is 14.2. The minimum atomic E-state index is -0.320. The van der Waals surface area contributed by atoms with Crippen LogP contribution in [-0.2, 0) is 0 Å². The fourth-order valence-electron chi connectivity index (χ4n) is 2.36. The van der Waals surface area contributed by atoms with Crippen molar-refractivity contribution in [3.63, 3.8) is 0 Å². The van der Waals surface area contributed by atoms with Crippen LogP contribution in [0.1, 0.15) is 12.0 Å². The lowest BCUT2D eigenvalue weighted by molar-refractivity contribution is -0.385. The van der Waals surface area contributed by atoms with Gasteiger partial charge in [-0.2, -0.15) is 0 Å². The highest BCUT2D eigenvalue weighted by molar-refractivity contribution is 5.61. The third-order valence-corrected chi connectivity index (χ3v) is 3.44. The zero-order valence-corrected chi connectivity index (χ0v) is 10.1. The van der Waals surface area contributed by atoms with Gasteiger partial charge in [-0.25, -0.2) is 0 Å². The van der Waals surface area contributed by atoms with Gasteiger partial charge in [0.15, 0.2) is 0 Å². The van der Waals surface area contributed by atoms with Crippen molar-refractivity contribution in [3.8, 4) is 0 Å². The molecule has 1 unspecified atom stereocenters. The predicted molar refractivity (Wildman–Crippen MR) is 67.5 cm³/mol. The van der Waals surface area contributed by atoms with Gasteiger partial charge in [-0.1, -0.05) is 6.07 Å². The van der Waals surface area contributed by atoms with Crippen molar-refractivity contribution in [2.45, 2.75) is 19.4 Å². The summed E-state index contributed by atoms with van der Waals surface area (Å²) in [7, 11) is 2.00. The first-order valence-electron chi connectivity index (χ1n) is 5.79. The van der Waals surface area contributed by atoms with Crippen LogP contribution in [0.15, 0.2) is 18.2 Å². The van der Waals surface area contributed by atoms with Gasteiger partial charge in [0.2, 0.25) is 0 Å². The molecule has 5 heteroatoms. The summed E-state index contributed by atoms with van der Waals surface area (Å²) in [5.41, 5.74) is 1.89. The summed E-state index contributed by atoms with van der Waals surface area (Å²) < 4.78 is 0. The monoisotopic (exact) mass is 235 g/mol. The molecule has 0 radical (unpaired) electrons. The second kappa shape index (κ2) is 4.71. The Bertz CT molecular complexity index is 428. The molecule has 92 valence electrons. The van der Waals surface area contributed by atoms with Crippen molar-refractivity contribution in [1.82, 2.24) is 5.32 Å². The number of hydrogen-bond donors (Lipinski definition) is 1. The number of hydrogen-bond acceptors (Lipinski definition) is 4. The number of anilines is 1. The maximum absolute atomic E-state index is 10.9. The number of nitro benzene ring substituents is 1. The van der Waals surface area contributed by atoms with Gasteiger partial charge in [-0.05, 0) is 26.0 Å². The van der Waals surface area contributed by atoms with Crippen molar-refractivity contribution < 1.29 is 4.92 Å². The molecule has 5 nitrogen and oxygen atoms in total. The number of likely N-dealkylation sites (N-methyl/N-ethyl adjacent to an activating group) is 1. The van der Waals surface area contributed by atoms with E-state index in [2.05, 4.69) is 10.2 Å². The summed E-state index contributed by atoms with van der Waals surface area (Å²) >= 11 is 0. The van der Waals surface area contributed by atoms with Crippen molar-refractivity contribution in [2.75, 3.05) is 25.0 Å². The molecule has 1 aliphatic rings. The minimum Gasteiger partial charge on any atom is -0.370 e. The van der Waals surface area contributed by atoms with Gasteiger partial charge < -0.3 is 10.2 Å². The van der Waals surface area contributed by atoms with Crippen molar-refractivity contribution in [3.05, 3.63) is 33.9 Å². The number of nitrogens with zero attached hydrogens (tertiary/aromatic N) is 2. The topological polar surface area (TPSA) is 58.4 Å². The molecule has 1 atom stereocenters. The Hall–Kier alpha value is -1.62. The molecule has 1 aromatic rings. The molecule has 1 aromatic carbocycles. The van der Waals surface area contributed by atoms with Crippen molar-refractivity contribution >= 4 is 11.4 Å². The quantitative estimate of drug-likeness (QED) is 0.640. The van der Waals surface area contributed by atoms with E-state index in [4.69, 9.17) is 0 Å². The molecule has 2 rings (SSSR count). The molecule has 0 amide bonds. The maximum Gasteiger partial charge on any atom is 0.274 e. The van der Waals surface area contributed by atoms with Crippen LogP contribution in [0.5, 0.6) is 0 Å². The van der Waals surface area contributed by atoms with Crippen LogP contribution in [0.2, 0.25) is 0 Å². The summed E-state index contributed by atoms with van der Waals surface area (Å²) in [5.74, 6) is 0. The minimum absolute atomic E-state index is 0.195. The molecule has 1 N–H and O–H groups in total. The van der Waals surface area contributed by atoms with Gasteiger partial charge in [-0.15, -0.1) is 0 Å². The van der Waals surface area contributed by atoms with Gasteiger partial charge in [0.05, 0.1) is 10.5 Å². The smallest absolute Gasteiger partial charge is 0.274 e. The molecular formula is C12H17N3O2. The van der Waals surface area contributed by atoms with E-state index in [1.54, 1.807) is 12.1 Å². The van der Waals surface area contributed by atoms with Gasteiger partial charge in [0, 0.05) is 31.4 Å². The van der Waals surface area contributed by atoms with Crippen LogP contribution in [0.4, 0.5) is 11.4 Å². The molecular weight excluding hydrogens is 218 g/mol. The van der Waals surface area contributed by atoms with Gasteiger partial charge in [-0.3, -0.25) is 10.1 Å². The lowest BCUT2D eigenvalue weighted by Gasteiger charge is -2.27. The summed E-state index contributed by atoms with van der Waals surface area (Å²) in [6, 6.07) is 5.68. The van der Waals surface area contributed by atoms with Gasteiger partial charge in [0.25, 0.3) is 5.69 Å². The van der Waals surface area contributed by atoms with E-state index in [0.717, 1.165) is 30.8 Å². The maximum atomic E-state index is 10.9. The number of nitro groups is 1. The van der Waals surface area contributed by atoms with Crippen LogP contribution in [0, 0.1) is 17.0 Å². The number of nitrogens with one attached hydrogen (secondary N) is 1. The molecule has 0 spiro atoms. The second-order valence-electron chi connectivity index (χ2n) is 4.44. The molecule has 1 heterocycles. The molecule has 1 saturated heterocycles. The SMILES string of the molecule is Cc1c(N(C)C2CCNC2)cccc1[N+](=O)[O-]. The average molecular weight is 235 g/mol. The first-order chi connectivity index (χ1) is 8.11. The zero-order chi connectivity index (χ0) is 12.4. The molecule has 0 saturated carbocycles. The first kappa shape index (κ1) is 11.9. The molecule has 1 aliphatic heterocycles. The average Bonchev–Trinajstić information content (AvgIpc) is 2.81. The highest BCUT2D eigenvalue weighted by Crippen LogP contribution is 2.29.